The van der Waals surface area contributed by atoms with Crippen LogP contribution in [-0.2, 0) is 10.0 Å². The maximum Gasteiger partial charge on any atom is 0.245 e. The Kier molecular flexibility index (Phi) is 5.49. The smallest absolute Gasteiger partial charge is 0.245 e. The Morgan fingerprint density at radius 2 is 1.96 bits per heavy atom. The summed E-state index contributed by atoms with van der Waals surface area (Å²) in [5, 5.41) is 3.69. The van der Waals surface area contributed by atoms with E-state index in [9.17, 15) is 8.42 Å². The average molecular weight is 340 g/mol. The van der Waals surface area contributed by atoms with Gasteiger partial charge in [0.15, 0.2) is 11.5 Å². The first-order valence-electron chi connectivity index (χ1n) is 7.18. The summed E-state index contributed by atoms with van der Waals surface area (Å²) in [4.78, 5) is 0. The number of sulfonamides is 1. The van der Waals surface area contributed by atoms with Gasteiger partial charge in [-0.15, -0.1) is 0 Å². The highest BCUT2D eigenvalue weighted by atomic mass is 32.2. The fourth-order valence-electron chi connectivity index (χ4n) is 2.05. The van der Waals surface area contributed by atoms with Crippen LogP contribution in [0.2, 0.25) is 0 Å². The van der Waals surface area contributed by atoms with Crippen LogP contribution >= 0.6 is 0 Å². The molecular formula is C15H20N2O5S. The molecule has 0 aliphatic carbocycles. The van der Waals surface area contributed by atoms with Crippen molar-refractivity contribution in [1.29, 1.82) is 0 Å². The summed E-state index contributed by atoms with van der Waals surface area (Å²) in [7, 11) is -0.388. The van der Waals surface area contributed by atoms with Crippen LogP contribution in [0.4, 0.5) is 5.88 Å². The molecule has 0 aliphatic heterocycles. The third-order valence-corrected chi connectivity index (χ3v) is 4.60. The Labute approximate surface area is 135 Å². The molecule has 0 saturated heterocycles. The van der Waals surface area contributed by atoms with Crippen molar-refractivity contribution in [3.8, 4) is 22.6 Å². The fourth-order valence-corrected chi connectivity index (χ4v) is 3.25. The van der Waals surface area contributed by atoms with E-state index in [0.29, 0.717) is 29.0 Å². The molecule has 0 radical (unpaired) electrons. The monoisotopic (exact) mass is 340 g/mol. The molecular weight excluding hydrogens is 320 g/mol. The summed E-state index contributed by atoms with van der Waals surface area (Å²) in [6.07, 6.45) is 2.83. The van der Waals surface area contributed by atoms with E-state index >= 15 is 0 Å². The molecule has 0 saturated carbocycles. The van der Waals surface area contributed by atoms with Gasteiger partial charge in [0.25, 0.3) is 0 Å². The second-order valence-electron chi connectivity index (χ2n) is 4.91. The van der Waals surface area contributed by atoms with Gasteiger partial charge in [0.05, 0.1) is 31.7 Å². The Hall–Kier alpha value is -2.22. The van der Waals surface area contributed by atoms with E-state index in [1.807, 2.05) is 6.92 Å². The maximum absolute atomic E-state index is 12.0. The van der Waals surface area contributed by atoms with Crippen LogP contribution in [0.1, 0.15) is 19.8 Å². The van der Waals surface area contributed by atoms with Crippen molar-refractivity contribution in [2.75, 3.05) is 24.7 Å². The predicted molar refractivity (Wildman–Crippen MR) is 87.4 cm³/mol. The highest BCUT2D eigenvalue weighted by molar-refractivity contribution is 7.92. The molecule has 2 rings (SSSR count). The van der Waals surface area contributed by atoms with E-state index in [1.54, 1.807) is 25.3 Å². The van der Waals surface area contributed by atoms with Crippen molar-refractivity contribution >= 4 is 15.9 Å². The average Bonchev–Trinajstić information content (AvgIpc) is 2.99. The Morgan fingerprint density at radius 3 is 2.61 bits per heavy atom. The molecule has 7 nitrogen and oxygen atoms in total. The number of anilines is 1. The van der Waals surface area contributed by atoms with Crippen LogP contribution in [0.15, 0.2) is 28.9 Å². The number of rotatable bonds is 8. The number of nitrogens with one attached hydrogen (secondary N) is 1. The molecule has 0 amide bonds. The van der Waals surface area contributed by atoms with Gasteiger partial charge < -0.3 is 14.0 Å². The topological polar surface area (TPSA) is 90.7 Å². The summed E-state index contributed by atoms with van der Waals surface area (Å²) < 4.78 is 42.0. The highest BCUT2D eigenvalue weighted by Gasteiger charge is 2.18. The van der Waals surface area contributed by atoms with Crippen molar-refractivity contribution in [3.63, 3.8) is 0 Å². The van der Waals surface area contributed by atoms with Crippen LogP contribution in [0.5, 0.6) is 11.5 Å². The Balaban J connectivity index is 2.31. The first kappa shape index (κ1) is 17.1. The molecule has 0 aliphatic rings. The third kappa shape index (κ3) is 4.16. The molecule has 1 N–H and O–H groups in total. The molecule has 0 bridgehead atoms. The van der Waals surface area contributed by atoms with E-state index in [-0.39, 0.29) is 11.6 Å². The normalized spacial score (nSPS) is 11.3. The molecule has 0 atom stereocenters. The van der Waals surface area contributed by atoms with Gasteiger partial charge in [-0.3, -0.25) is 4.72 Å². The first-order valence-corrected chi connectivity index (χ1v) is 8.83. The number of aromatic nitrogens is 1. The SMILES string of the molecule is CCCCS(=O)(=O)Nc1oncc1-c1ccc(OC)c(OC)c1. The fraction of sp³-hybridized carbons (Fsp3) is 0.400. The lowest BCUT2D eigenvalue weighted by Crippen LogP contribution is -2.16. The molecule has 0 unspecified atom stereocenters. The first-order chi connectivity index (χ1) is 11.0. The summed E-state index contributed by atoms with van der Waals surface area (Å²) in [5.41, 5.74) is 1.24. The van der Waals surface area contributed by atoms with Gasteiger partial charge in [-0.25, -0.2) is 8.42 Å². The van der Waals surface area contributed by atoms with Crippen molar-refractivity contribution < 1.29 is 22.4 Å². The summed E-state index contributed by atoms with van der Waals surface area (Å²) in [6, 6.07) is 5.24. The van der Waals surface area contributed by atoms with Gasteiger partial charge in [0, 0.05) is 0 Å². The number of ether oxygens (including phenoxy) is 2. The molecule has 0 fully saturated rings. The van der Waals surface area contributed by atoms with E-state index in [2.05, 4.69) is 9.88 Å². The van der Waals surface area contributed by atoms with Gasteiger partial charge in [0.2, 0.25) is 15.9 Å². The zero-order chi connectivity index (χ0) is 16.9. The zero-order valence-corrected chi connectivity index (χ0v) is 14.1. The predicted octanol–water partition coefficient (Wildman–Crippen LogP) is 2.90. The Bertz CT molecular complexity index is 755. The van der Waals surface area contributed by atoms with Gasteiger partial charge >= 0.3 is 0 Å². The molecule has 8 heteroatoms. The molecule has 1 aromatic carbocycles. The van der Waals surface area contributed by atoms with Crippen molar-refractivity contribution in [1.82, 2.24) is 5.16 Å². The van der Waals surface area contributed by atoms with Crippen LogP contribution in [0.25, 0.3) is 11.1 Å². The van der Waals surface area contributed by atoms with Crippen molar-refractivity contribution in [2.24, 2.45) is 0 Å². The van der Waals surface area contributed by atoms with E-state index in [0.717, 1.165) is 6.42 Å². The van der Waals surface area contributed by atoms with Gasteiger partial charge in [-0.1, -0.05) is 24.6 Å². The largest absolute Gasteiger partial charge is 0.493 e. The number of unbranched alkanes of at least 4 members (excludes halogenated alkanes) is 1. The number of nitrogens with zero attached hydrogens (tertiary/aromatic N) is 1. The minimum absolute atomic E-state index is 0.0373. The lowest BCUT2D eigenvalue weighted by Gasteiger charge is -2.10. The van der Waals surface area contributed by atoms with Crippen LogP contribution in [0, 0.1) is 0 Å². The van der Waals surface area contributed by atoms with Gasteiger partial charge in [-0.2, -0.15) is 0 Å². The standard InChI is InChI=1S/C15H20N2O5S/c1-4-5-8-23(18,19)17-15-12(10-16-22-15)11-6-7-13(20-2)14(9-11)21-3/h6-7,9-10,17H,4-5,8H2,1-3H3. The third-order valence-electron chi connectivity index (χ3n) is 3.28. The lowest BCUT2D eigenvalue weighted by atomic mass is 10.1. The summed E-state index contributed by atoms with van der Waals surface area (Å²) in [6.45, 7) is 1.93. The van der Waals surface area contributed by atoms with Crippen LogP contribution in [-0.4, -0.2) is 33.5 Å². The van der Waals surface area contributed by atoms with Crippen molar-refractivity contribution in [2.45, 2.75) is 19.8 Å². The second kappa shape index (κ2) is 7.36. The Morgan fingerprint density at radius 1 is 1.22 bits per heavy atom. The van der Waals surface area contributed by atoms with E-state index < -0.39 is 10.0 Å². The second-order valence-corrected chi connectivity index (χ2v) is 6.75. The quantitative estimate of drug-likeness (QED) is 0.794. The zero-order valence-electron chi connectivity index (χ0n) is 13.3. The number of hydrogen-bond donors (Lipinski definition) is 1. The number of methoxy groups -OCH3 is 2. The molecule has 1 aromatic heterocycles. The van der Waals surface area contributed by atoms with Crippen molar-refractivity contribution in [3.05, 3.63) is 24.4 Å². The summed E-state index contributed by atoms with van der Waals surface area (Å²) >= 11 is 0. The number of hydrogen-bond acceptors (Lipinski definition) is 6. The minimum Gasteiger partial charge on any atom is -0.493 e. The molecule has 1 heterocycles. The van der Waals surface area contributed by atoms with Gasteiger partial charge in [-0.05, 0) is 24.1 Å². The van der Waals surface area contributed by atoms with Gasteiger partial charge in [0.1, 0.15) is 0 Å². The molecule has 0 spiro atoms. The van der Waals surface area contributed by atoms with E-state index in [1.165, 1.54) is 13.3 Å². The highest BCUT2D eigenvalue weighted by Crippen LogP contribution is 2.35. The summed E-state index contributed by atoms with van der Waals surface area (Å²) in [5.74, 6) is 1.24. The molecule has 2 aromatic rings. The van der Waals surface area contributed by atoms with E-state index in [4.69, 9.17) is 14.0 Å². The lowest BCUT2D eigenvalue weighted by molar-refractivity contribution is 0.355. The van der Waals surface area contributed by atoms with Crippen LogP contribution < -0.4 is 14.2 Å². The maximum atomic E-state index is 12.0. The minimum atomic E-state index is -3.47. The molecule has 126 valence electrons. The number of benzene rings is 1. The van der Waals surface area contributed by atoms with Crippen LogP contribution in [0.3, 0.4) is 0 Å². The molecule has 23 heavy (non-hydrogen) atoms.